The Labute approximate surface area is 162 Å². The van der Waals surface area contributed by atoms with Gasteiger partial charge in [0.1, 0.15) is 5.75 Å². The number of aromatic nitrogens is 1. The molecule has 3 rings (SSSR count). The van der Waals surface area contributed by atoms with Gasteiger partial charge in [-0.2, -0.15) is 0 Å². The third kappa shape index (κ3) is 4.46. The van der Waals surface area contributed by atoms with E-state index in [0.717, 1.165) is 23.7 Å². The van der Waals surface area contributed by atoms with Gasteiger partial charge in [-0.3, -0.25) is 4.79 Å². The first-order valence-electron chi connectivity index (χ1n) is 8.73. The maximum absolute atomic E-state index is 12.0. The fourth-order valence-corrected chi connectivity index (χ4v) is 2.85. The van der Waals surface area contributed by atoms with Gasteiger partial charge >= 0.3 is 5.91 Å². The monoisotopic (exact) mass is 385 g/mol. The Balaban J connectivity index is 1.76. The lowest BCUT2D eigenvalue weighted by molar-refractivity contribution is -0.120. The molecule has 0 atom stereocenters. The van der Waals surface area contributed by atoms with Crippen molar-refractivity contribution in [1.29, 1.82) is 0 Å². The number of hydrogen-bond acceptors (Lipinski definition) is 4. The predicted molar refractivity (Wildman–Crippen MR) is 105 cm³/mol. The first-order valence-corrected chi connectivity index (χ1v) is 9.11. The number of aromatic hydroxyl groups is 1. The summed E-state index contributed by atoms with van der Waals surface area (Å²) >= 11 is 5.81. The number of azo groups is 1. The summed E-state index contributed by atoms with van der Waals surface area (Å²) in [6, 6.07) is 14.2. The molecule has 1 amide bonds. The van der Waals surface area contributed by atoms with Crippen LogP contribution in [0.5, 0.6) is 11.6 Å². The molecule has 7 heteroatoms. The molecule has 2 aromatic carbocycles. The van der Waals surface area contributed by atoms with Crippen LogP contribution in [0, 0.1) is 0 Å². The van der Waals surface area contributed by atoms with E-state index in [0.29, 0.717) is 23.0 Å². The quantitative estimate of drug-likeness (QED) is 0.546. The van der Waals surface area contributed by atoms with Crippen LogP contribution in [0.25, 0.3) is 10.9 Å². The molecule has 140 valence electrons. The summed E-state index contributed by atoms with van der Waals surface area (Å²) in [4.78, 5) is 12.0. The molecule has 6 nitrogen and oxygen atoms in total. The maximum atomic E-state index is 12.0. The van der Waals surface area contributed by atoms with Gasteiger partial charge in [0.05, 0.1) is 5.52 Å². The van der Waals surface area contributed by atoms with Gasteiger partial charge < -0.3 is 14.4 Å². The van der Waals surface area contributed by atoms with Gasteiger partial charge in [-0.1, -0.05) is 43.1 Å². The minimum atomic E-state index is -0.547. The van der Waals surface area contributed by atoms with Crippen molar-refractivity contribution < 1.29 is 14.6 Å². The van der Waals surface area contributed by atoms with E-state index in [4.69, 9.17) is 16.3 Å². The van der Waals surface area contributed by atoms with Crippen LogP contribution in [-0.2, 0) is 11.3 Å². The molecule has 3 aromatic rings. The molecule has 1 aromatic heterocycles. The van der Waals surface area contributed by atoms with Crippen LogP contribution in [0.3, 0.4) is 0 Å². The molecule has 0 radical (unpaired) electrons. The predicted octanol–water partition coefficient (Wildman–Crippen LogP) is 5.49. The summed E-state index contributed by atoms with van der Waals surface area (Å²) < 4.78 is 7.15. The molecule has 0 unspecified atom stereocenters. The smallest absolute Gasteiger partial charge is 0.302 e. The summed E-state index contributed by atoms with van der Waals surface area (Å²) in [5.74, 6) is -0.0171. The average molecular weight is 386 g/mol. The number of amides is 1. The zero-order chi connectivity index (χ0) is 19.2. The zero-order valence-electron chi connectivity index (χ0n) is 14.9. The Hall–Kier alpha value is -2.86. The number of aryl methyl sites for hydroxylation is 1. The van der Waals surface area contributed by atoms with Gasteiger partial charge in [-0.15, -0.1) is 10.2 Å². The second kappa shape index (κ2) is 8.68. The van der Waals surface area contributed by atoms with Crippen LogP contribution < -0.4 is 4.74 Å². The van der Waals surface area contributed by atoms with Crippen LogP contribution in [0.4, 0.5) is 5.69 Å². The average Bonchev–Trinajstić information content (AvgIpc) is 2.95. The van der Waals surface area contributed by atoms with E-state index in [1.54, 1.807) is 28.8 Å². The molecule has 27 heavy (non-hydrogen) atoms. The van der Waals surface area contributed by atoms with Crippen molar-refractivity contribution in [2.24, 2.45) is 10.2 Å². The minimum absolute atomic E-state index is 0.0137. The topological polar surface area (TPSA) is 76.2 Å². The second-order valence-corrected chi connectivity index (χ2v) is 6.47. The number of halogens is 1. The Bertz CT molecular complexity index is 965. The van der Waals surface area contributed by atoms with Crippen molar-refractivity contribution in [1.82, 2.24) is 4.57 Å². The lowest BCUT2D eigenvalue weighted by Gasteiger charge is -2.05. The van der Waals surface area contributed by atoms with E-state index >= 15 is 0 Å². The molecule has 0 aliphatic carbocycles. The number of carbonyl (C=O) groups excluding carboxylic acids is 1. The number of benzene rings is 2. The van der Waals surface area contributed by atoms with Gasteiger partial charge in [0.2, 0.25) is 5.88 Å². The van der Waals surface area contributed by atoms with Crippen LogP contribution in [0.15, 0.2) is 58.8 Å². The van der Waals surface area contributed by atoms with Crippen LogP contribution >= 0.6 is 11.6 Å². The van der Waals surface area contributed by atoms with Crippen molar-refractivity contribution in [3.63, 3.8) is 0 Å². The van der Waals surface area contributed by atoms with Crippen molar-refractivity contribution in [2.45, 2.75) is 26.3 Å². The van der Waals surface area contributed by atoms with Crippen molar-refractivity contribution >= 4 is 34.1 Å². The highest BCUT2D eigenvalue weighted by atomic mass is 35.5. The molecule has 0 saturated heterocycles. The lowest BCUT2D eigenvalue weighted by atomic mass is 10.2. The Morgan fingerprint density at radius 1 is 1.19 bits per heavy atom. The van der Waals surface area contributed by atoms with Gasteiger partial charge in [-0.05, 0) is 36.8 Å². The highest BCUT2D eigenvalue weighted by Gasteiger charge is 2.16. The van der Waals surface area contributed by atoms with Crippen LogP contribution in [0.1, 0.15) is 19.8 Å². The third-order valence-electron chi connectivity index (χ3n) is 4.09. The second-order valence-electron chi connectivity index (χ2n) is 6.03. The van der Waals surface area contributed by atoms with Gasteiger partial charge in [-0.25, -0.2) is 0 Å². The number of hydrogen-bond donors (Lipinski definition) is 1. The van der Waals surface area contributed by atoms with Gasteiger partial charge in [0.25, 0.3) is 0 Å². The molecule has 0 fully saturated rings. The first kappa shape index (κ1) is 18.9. The van der Waals surface area contributed by atoms with Gasteiger partial charge in [0, 0.05) is 17.0 Å². The SMILES string of the molecule is CCCCn1c(O)c(N=NC(=O)COc2ccc(Cl)cc2)c2ccccc21. The summed E-state index contributed by atoms with van der Waals surface area (Å²) in [5.41, 5.74) is 1.16. The summed E-state index contributed by atoms with van der Waals surface area (Å²) in [6.45, 7) is 2.51. The molecule has 0 aliphatic rings. The van der Waals surface area contributed by atoms with E-state index in [-0.39, 0.29) is 12.5 Å². The lowest BCUT2D eigenvalue weighted by Crippen LogP contribution is -2.07. The summed E-state index contributed by atoms with van der Waals surface area (Å²) in [5, 5.41) is 19.6. The summed E-state index contributed by atoms with van der Waals surface area (Å²) in [6.07, 6.45) is 1.93. The van der Waals surface area contributed by atoms with Crippen molar-refractivity contribution in [3.05, 3.63) is 53.6 Å². The molecule has 0 saturated carbocycles. The summed E-state index contributed by atoms with van der Waals surface area (Å²) in [7, 11) is 0. The number of fused-ring (bicyclic) bond motifs is 1. The van der Waals surface area contributed by atoms with E-state index < -0.39 is 5.91 Å². The van der Waals surface area contributed by atoms with Gasteiger partial charge in [0.15, 0.2) is 12.3 Å². The molecule has 0 spiro atoms. The van der Waals surface area contributed by atoms with Crippen LogP contribution in [0.2, 0.25) is 5.02 Å². The molecular weight excluding hydrogens is 366 g/mol. The zero-order valence-corrected chi connectivity index (χ0v) is 15.7. The highest BCUT2D eigenvalue weighted by Crippen LogP contribution is 2.38. The number of nitrogens with zero attached hydrogens (tertiary/aromatic N) is 3. The molecule has 0 bridgehead atoms. The number of unbranched alkanes of at least 4 members (excludes halogenated alkanes) is 1. The molecular formula is C20H20ClN3O3. The fourth-order valence-electron chi connectivity index (χ4n) is 2.72. The van der Waals surface area contributed by atoms with E-state index in [2.05, 4.69) is 17.2 Å². The first-order chi connectivity index (χ1) is 13.1. The Morgan fingerprint density at radius 2 is 1.93 bits per heavy atom. The number of rotatable bonds is 7. The van der Waals surface area contributed by atoms with Crippen molar-refractivity contribution in [2.75, 3.05) is 6.61 Å². The fraction of sp³-hybridized carbons (Fsp3) is 0.250. The Kier molecular flexibility index (Phi) is 6.08. The number of para-hydroxylation sites is 1. The van der Waals surface area contributed by atoms with E-state index in [1.165, 1.54) is 0 Å². The molecule has 1 N–H and O–H groups in total. The van der Waals surface area contributed by atoms with E-state index in [1.807, 2.05) is 24.3 Å². The molecule has 0 aliphatic heterocycles. The highest BCUT2D eigenvalue weighted by molar-refractivity contribution is 6.30. The minimum Gasteiger partial charge on any atom is -0.493 e. The Morgan fingerprint density at radius 3 is 2.67 bits per heavy atom. The standard InChI is InChI=1S/C20H20ClN3O3/c1-2-3-12-24-17-7-5-4-6-16(17)19(20(24)26)23-22-18(25)13-27-15-10-8-14(21)9-11-15/h4-11,26H,2-3,12-13H2,1H3. The largest absolute Gasteiger partial charge is 0.493 e. The van der Waals surface area contributed by atoms with Crippen molar-refractivity contribution in [3.8, 4) is 11.6 Å². The van der Waals surface area contributed by atoms with E-state index in [9.17, 15) is 9.90 Å². The third-order valence-corrected chi connectivity index (χ3v) is 4.34. The van der Waals surface area contributed by atoms with Crippen LogP contribution in [-0.4, -0.2) is 22.2 Å². The number of carbonyl (C=O) groups is 1. The number of ether oxygens (including phenoxy) is 1. The normalized spacial score (nSPS) is 11.3. The maximum Gasteiger partial charge on any atom is 0.302 e. The molecule has 1 heterocycles.